The van der Waals surface area contributed by atoms with Crippen LogP contribution in [0.2, 0.25) is 5.02 Å². The van der Waals surface area contributed by atoms with Gasteiger partial charge in [0.1, 0.15) is 5.75 Å². The molecule has 0 amide bonds. The zero-order valence-corrected chi connectivity index (χ0v) is 9.79. The van der Waals surface area contributed by atoms with Crippen LogP contribution in [-0.4, -0.2) is 13.7 Å². The van der Waals surface area contributed by atoms with Crippen molar-refractivity contribution in [3.63, 3.8) is 0 Å². The number of hydrogen-bond donors (Lipinski definition) is 2. The Morgan fingerprint density at radius 2 is 2.13 bits per heavy atom. The fourth-order valence-electron chi connectivity index (χ4n) is 1.37. The summed E-state index contributed by atoms with van der Waals surface area (Å²) in [7, 11) is 1.59. The van der Waals surface area contributed by atoms with E-state index in [1.54, 1.807) is 7.11 Å². The highest BCUT2D eigenvalue weighted by molar-refractivity contribution is 6.32. The highest BCUT2D eigenvalue weighted by Gasteiger charge is 2.14. The highest BCUT2D eigenvalue weighted by Crippen LogP contribution is 2.28. The van der Waals surface area contributed by atoms with Crippen molar-refractivity contribution in [2.24, 2.45) is 17.4 Å². The average Bonchev–Trinajstić information content (AvgIpc) is 2.26. The molecule has 4 heteroatoms. The lowest BCUT2D eigenvalue weighted by Crippen LogP contribution is -2.25. The van der Waals surface area contributed by atoms with Gasteiger partial charge in [0.15, 0.2) is 0 Å². The highest BCUT2D eigenvalue weighted by atomic mass is 35.5. The zero-order chi connectivity index (χ0) is 11.4. The van der Waals surface area contributed by atoms with Crippen molar-refractivity contribution >= 4 is 11.6 Å². The third-order valence-electron chi connectivity index (χ3n) is 2.55. The topological polar surface area (TPSA) is 61.3 Å². The normalized spacial score (nSPS) is 14.7. The van der Waals surface area contributed by atoms with Crippen LogP contribution in [0.4, 0.5) is 0 Å². The van der Waals surface area contributed by atoms with Gasteiger partial charge in [-0.25, -0.2) is 0 Å². The maximum atomic E-state index is 6.03. The molecule has 0 aliphatic heterocycles. The van der Waals surface area contributed by atoms with Gasteiger partial charge in [-0.15, -0.1) is 0 Å². The third kappa shape index (κ3) is 2.84. The van der Waals surface area contributed by atoms with Crippen LogP contribution < -0.4 is 16.2 Å². The van der Waals surface area contributed by atoms with Gasteiger partial charge in [0.05, 0.1) is 12.1 Å². The monoisotopic (exact) mass is 228 g/mol. The molecule has 4 N–H and O–H groups in total. The molecule has 0 heterocycles. The molecule has 0 aromatic heterocycles. The second-order valence-electron chi connectivity index (χ2n) is 3.63. The molecule has 1 aromatic carbocycles. The van der Waals surface area contributed by atoms with Gasteiger partial charge in [0, 0.05) is 6.04 Å². The summed E-state index contributed by atoms with van der Waals surface area (Å²) in [5.74, 6) is 0.891. The van der Waals surface area contributed by atoms with E-state index in [1.165, 1.54) is 0 Å². The summed E-state index contributed by atoms with van der Waals surface area (Å²) >= 11 is 6.01. The Morgan fingerprint density at radius 1 is 1.47 bits per heavy atom. The van der Waals surface area contributed by atoms with E-state index >= 15 is 0 Å². The molecule has 0 spiro atoms. The van der Waals surface area contributed by atoms with E-state index in [9.17, 15) is 0 Å². The van der Waals surface area contributed by atoms with E-state index in [1.807, 2.05) is 25.1 Å². The molecule has 2 atom stereocenters. The molecule has 84 valence electrons. The molecule has 0 aliphatic rings. The van der Waals surface area contributed by atoms with Gasteiger partial charge in [-0.2, -0.15) is 0 Å². The minimum atomic E-state index is -0.0848. The van der Waals surface area contributed by atoms with E-state index < -0.39 is 0 Å². The number of nitrogens with two attached hydrogens (primary N) is 2. The molecular formula is C11H17ClN2O. The van der Waals surface area contributed by atoms with Crippen molar-refractivity contribution in [3.8, 4) is 5.75 Å². The smallest absolute Gasteiger partial charge is 0.137 e. The van der Waals surface area contributed by atoms with Crippen molar-refractivity contribution < 1.29 is 4.74 Å². The Morgan fingerprint density at radius 3 is 2.60 bits per heavy atom. The molecule has 1 aromatic rings. The van der Waals surface area contributed by atoms with E-state index in [-0.39, 0.29) is 12.0 Å². The number of ether oxygens (including phenoxy) is 1. The first-order valence-electron chi connectivity index (χ1n) is 4.89. The average molecular weight is 229 g/mol. The first-order valence-corrected chi connectivity index (χ1v) is 5.27. The summed E-state index contributed by atoms with van der Waals surface area (Å²) in [5, 5.41) is 0.578. The van der Waals surface area contributed by atoms with Crippen LogP contribution in [0.3, 0.4) is 0 Å². The Balaban J connectivity index is 2.92. The predicted molar refractivity (Wildman–Crippen MR) is 63.2 cm³/mol. The molecule has 0 radical (unpaired) electrons. The maximum absolute atomic E-state index is 6.03. The Labute approximate surface area is 95.4 Å². The Bertz CT molecular complexity index is 330. The predicted octanol–water partition coefficient (Wildman–Crippen LogP) is 1.94. The summed E-state index contributed by atoms with van der Waals surface area (Å²) in [4.78, 5) is 0. The molecule has 2 unspecified atom stereocenters. The van der Waals surface area contributed by atoms with E-state index in [0.717, 1.165) is 5.56 Å². The minimum Gasteiger partial charge on any atom is -0.495 e. The number of hydrogen-bond acceptors (Lipinski definition) is 3. The second kappa shape index (κ2) is 5.35. The summed E-state index contributed by atoms with van der Waals surface area (Å²) in [6.45, 7) is 2.58. The SMILES string of the molecule is COc1ccc(C(N)C(C)CN)cc1Cl. The van der Waals surface area contributed by atoms with E-state index in [4.69, 9.17) is 27.8 Å². The van der Waals surface area contributed by atoms with Crippen LogP contribution in [0.25, 0.3) is 0 Å². The van der Waals surface area contributed by atoms with Crippen molar-refractivity contribution in [2.45, 2.75) is 13.0 Å². The lowest BCUT2D eigenvalue weighted by atomic mass is 9.95. The minimum absolute atomic E-state index is 0.0848. The van der Waals surface area contributed by atoms with Gasteiger partial charge < -0.3 is 16.2 Å². The number of benzene rings is 1. The largest absolute Gasteiger partial charge is 0.495 e. The van der Waals surface area contributed by atoms with Crippen LogP contribution in [0.15, 0.2) is 18.2 Å². The third-order valence-corrected chi connectivity index (χ3v) is 2.84. The molecule has 15 heavy (non-hydrogen) atoms. The van der Waals surface area contributed by atoms with Crippen LogP contribution in [0, 0.1) is 5.92 Å². The van der Waals surface area contributed by atoms with Gasteiger partial charge >= 0.3 is 0 Å². The lowest BCUT2D eigenvalue weighted by Gasteiger charge is -2.19. The van der Waals surface area contributed by atoms with Crippen LogP contribution in [0.5, 0.6) is 5.75 Å². The van der Waals surface area contributed by atoms with Gasteiger partial charge in [-0.3, -0.25) is 0 Å². The lowest BCUT2D eigenvalue weighted by molar-refractivity contribution is 0.414. The number of methoxy groups -OCH3 is 1. The molecule has 3 nitrogen and oxygen atoms in total. The summed E-state index contributed by atoms with van der Waals surface area (Å²) in [6.07, 6.45) is 0. The van der Waals surface area contributed by atoms with Crippen molar-refractivity contribution in [1.82, 2.24) is 0 Å². The van der Waals surface area contributed by atoms with Crippen molar-refractivity contribution in [3.05, 3.63) is 28.8 Å². The molecule has 0 fully saturated rings. The molecule has 0 saturated carbocycles. The van der Waals surface area contributed by atoms with Crippen molar-refractivity contribution in [2.75, 3.05) is 13.7 Å². The van der Waals surface area contributed by atoms with E-state index in [2.05, 4.69) is 0 Å². The molecule has 0 aliphatic carbocycles. The molecule has 0 bridgehead atoms. The number of rotatable bonds is 4. The Hall–Kier alpha value is -0.770. The van der Waals surface area contributed by atoms with Gasteiger partial charge in [0.25, 0.3) is 0 Å². The Kier molecular flexibility index (Phi) is 4.39. The van der Waals surface area contributed by atoms with Gasteiger partial charge in [-0.05, 0) is 30.2 Å². The molecule has 0 saturated heterocycles. The van der Waals surface area contributed by atoms with Gasteiger partial charge in [0.2, 0.25) is 0 Å². The summed E-state index contributed by atoms with van der Waals surface area (Å²) in [5.41, 5.74) is 12.6. The summed E-state index contributed by atoms with van der Waals surface area (Å²) < 4.78 is 5.07. The number of halogens is 1. The first-order chi connectivity index (χ1) is 7.10. The van der Waals surface area contributed by atoms with Crippen LogP contribution in [0.1, 0.15) is 18.5 Å². The molecular weight excluding hydrogens is 212 g/mol. The van der Waals surface area contributed by atoms with Crippen molar-refractivity contribution in [1.29, 1.82) is 0 Å². The standard InChI is InChI=1S/C11H17ClN2O/c1-7(6-13)11(14)8-3-4-10(15-2)9(12)5-8/h3-5,7,11H,6,13-14H2,1-2H3. The fraction of sp³-hybridized carbons (Fsp3) is 0.455. The fourth-order valence-corrected chi connectivity index (χ4v) is 1.63. The summed E-state index contributed by atoms with van der Waals surface area (Å²) in [6, 6.07) is 5.48. The second-order valence-corrected chi connectivity index (χ2v) is 4.04. The first kappa shape index (κ1) is 12.3. The zero-order valence-electron chi connectivity index (χ0n) is 9.03. The van der Waals surface area contributed by atoms with Gasteiger partial charge in [-0.1, -0.05) is 24.6 Å². The molecule has 1 rings (SSSR count). The quantitative estimate of drug-likeness (QED) is 0.828. The van der Waals surface area contributed by atoms with Crippen LogP contribution >= 0.6 is 11.6 Å². The van der Waals surface area contributed by atoms with E-state index in [0.29, 0.717) is 17.3 Å². The van der Waals surface area contributed by atoms with Crippen LogP contribution in [-0.2, 0) is 0 Å². The maximum Gasteiger partial charge on any atom is 0.137 e.